The first-order chi connectivity index (χ1) is 19.0. The summed E-state index contributed by atoms with van der Waals surface area (Å²) in [5.74, 6) is -0.637. The van der Waals surface area contributed by atoms with Crippen molar-refractivity contribution < 1.29 is 34.0 Å². The number of rotatable bonds is 9. The molecule has 3 aromatic rings. The van der Waals surface area contributed by atoms with Crippen LogP contribution in [0.1, 0.15) is 35.3 Å². The maximum atomic E-state index is 12.4. The quantitative estimate of drug-likeness (QED) is 0.222. The summed E-state index contributed by atoms with van der Waals surface area (Å²) in [6, 6.07) is 11.1. The summed E-state index contributed by atoms with van der Waals surface area (Å²) in [7, 11) is 0. The van der Waals surface area contributed by atoms with E-state index in [1.54, 1.807) is 0 Å². The van der Waals surface area contributed by atoms with Crippen LogP contribution in [0.3, 0.4) is 0 Å². The highest BCUT2D eigenvalue weighted by Gasteiger charge is 2.36. The van der Waals surface area contributed by atoms with Gasteiger partial charge in [-0.2, -0.15) is 0 Å². The van der Waals surface area contributed by atoms with Crippen molar-refractivity contribution in [3.05, 3.63) is 112 Å². The van der Waals surface area contributed by atoms with E-state index in [2.05, 4.69) is 4.98 Å². The van der Waals surface area contributed by atoms with Gasteiger partial charge in [0.05, 0.1) is 16.0 Å². The van der Waals surface area contributed by atoms with Gasteiger partial charge in [0.1, 0.15) is 25.5 Å². The number of non-ortho nitro benzene ring substituents is 2. The maximum absolute atomic E-state index is 12.4. The number of aromatic nitrogens is 2. The summed E-state index contributed by atoms with van der Waals surface area (Å²) in [6.07, 6.45) is -2.72. The van der Waals surface area contributed by atoms with E-state index in [0.717, 1.165) is 4.57 Å². The third-order valence-electron chi connectivity index (χ3n) is 6.41. The summed E-state index contributed by atoms with van der Waals surface area (Å²) in [5.41, 5.74) is -0.159. The second-order valence-corrected chi connectivity index (χ2v) is 9.03. The molecule has 15 heteroatoms. The Bertz CT molecular complexity index is 1460. The molecular weight excluding hydrogens is 532 g/mol. The van der Waals surface area contributed by atoms with Gasteiger partial charge in [0.25, 0.3) is 16.9 Å². The van der Waals surface area contributed by atoms with Crippen LogP contribution in [-0.2, 0) is 14.2 Å². The van der Waals surface area contributed by atoms with E-state index >= 15 is 0 Å². The number of ether oxygens (including phenoxy) is 3. The number of carbonyl (C=O) groups excluding carboxylic acids is 1. The second kappa shape index (κ2) is 11.9. The van der Waals surface area contributed by atoms with E-state index in [9.17, 15) is 39.7 Å². The molecule has 1 saturated heterocycles. The van der Waals surface area contributed by atoms with Crippen molar-refractivity contribution in [3.8, 4) is 0 Å². The average Bonchev–Trinajstić information content (AvgIpc) is 3.30. The fourth-order valence-electron chi connectivity index (χ4n) is 4.22. The molecule has 210 valence electrons. The molecule has 1 fully saturated rings. The number of carbonyl (C=O) groups is 1. The molecule has 2 heterocycles. The molecule has 4 rings (SSSR count). The molecule has 40 heavy (non-hydrogen) atoms. The number of aliphatic hydroxyl groups excluding tert-OH is 1. The maximum Gasteiger partial charge on any atom is 0.508 e. The Balaban J connectivity index is 1.40. The number of nitrogens with zero attached hydrogens (tertiary/aromatic N) is 3. The Morgan fingerprint density at radius 2 is 1.60 bits per heavy atom. The molecule has 0 amide bonds. The van der Waals surface area contributed by atoms with Crippen molar-refractivity contribution in [2.75, 3.05) is 13.2 Å². The van der Waals surface area contributed by atoms with Crippen LogP contribution in [0.2, 0.25) is 0 Å². The van der Waals surface area contributed by atoms with Crippen LogP contribution in [0.15, 0.2) is 64.3 Å². The van der Waals surface area contributed by atoms with Crippen LogP contribution in [-0.4, -0.2) is 56.1 Å². The molecule has 0 spiro atoms. The zero-order chi connectivity index (χ0) is 29.0. The first-order valence-electron chi connectivity index (χ1n) is 12.0. The highest BCUT2D eigenvalue weighted by atomic mass is 16.7. The number of hydrogen-bond donors (Lipinski definition) is 2. The van der Waals surface area contributed by atoms with E-state index < -0.39 is 58.2 Å². The number of benzene rings is 2. The monoisotopic (exact) mass is 556 g/mol. The molecule has 0 unspecified atom stereocenters. The van der Waals surface area contributed by atoms with Crippen molar-refractivity contribution in [2.45, 2.75) is 37.7 Å². The van der Waals surface area contributed by atoms with Crippen LogP contribution in [0, 0.1) is 27.2 Å². The molecule has 1 aliphatic heterocycles. The lowest BCUT2D eigenvalue weighted by molar-refractivity contribution is -0.385. The molecule has 2 N–H and O–H groups in total. The minimum atomic E-state index is -1.09. The minimum absolute atomic E-state index is 0.0107. The molecule has 1 aliphatic rings. The van der Waals surface area contributed by atoms with Crippen molar-refractivity contribution in [1.82, 2.24) is 9.55 Å². The Labute approximate surface area is 224 Å². The predicted molar refractivity (Wildman–Crippen MR) is 136 cm³/mol. The summed E-state index contributed by atoms with van der Waals surface area (Å²) in [4.78, 5) is 59.2. The minimum Gasteiger partial charge on any atom is -0.433 e. The Kier molecular flexibility index (Phi) is 8.35. The van der Waals surface area contributed by atoms with Crippen molar-refractivity contribution in [1.29, 1.82) is 0 Å². The Hall–Kier alpha value is -4.89. The van der Waals surface area contributed by atoms with Crippen LogP contribution in [0.25, 0.3) is 0 Å². The van der Waals surface area contributed by atoms with E-state index in [0.29, 0.717) is 11.1 Å². The molecule has 0 radical (unpaired) electrons. The predicted octanol–water partition coefficient (Wildman–Crippen LogP) is 2.30. The first-order valence-corrected chi connectivity index (χ1v) is 12.0. The lowest BCUT2D eigenvalue weighted by Crippen LogP contribution is -2.33. The normalized spacial score (nSPS) is 18.4. The zero-order valence-corrected chi connectivity index (χ0v) is 21.0. The number of hydrogen-bond acceptors (Lipinski definition) is 11. The van der Waals surface area contributed by atoms with Gasteiger partial charge in [-0.15, -0.1) is 0 Å². The summed E-state index contributed by atoms with van der Waals surface area (Å²) in [5, 5.41) is 32.4. The third kappa shape index (κ3) is 6.39. The van der Waals surface area contributed by atoms with Gasteiger partial charge in [0.15, 0.2) is 0 Å². The molecule has 3 atom stereocenters. The fraction of sp³-hybridized carbons (Fsp3) is 0.320. The lowest BCUT2D eigenvalue weighted by Gasteiger charge is -2.19. The van der Waals surface area contributed by atoms with Crippen LogP contribution in [0.5, 0.6) is 0 Å². The van der Waals surface area contributed by atoms with Crippen molar-refractivity contribution >= 4 is 17.5 Å². The molecule has 0 aliphatic carbocycles. The van der Waals surface area contributed by atoms with Crippen molar-refractivity contribution in [2.24, 2.45) is 0 Å². The molecule has 1 aromatic heterocycles. The SMILES string of the molecule is Cc1cn([C@H]2C[C@H](O)[C@@H](COC(=O)OCC(c3ccc([N+](=O)[O-])cc3)c3ccc([N+](=O)[O-])cc3)O2)c(=O)[nH]c1=O. The lowest BCUT2D eigenvalue weighted by atomic mass is 9.92. The molecule has 2 aromatic carbocycles. The largest absolute Gasteiger partial charge is 0.508 e. The summed E-state index contributed by atoms with van der Waals surface area (Å²) < 4.78 is 17.2. The van der Waals surface area contributed by atoms with E-state index in [4.69, 9.17) is 14.2 Å². The standard InChI is InChI=1S/C25H24N4O11/c1-14-11-27(24(32)26-23(14)31)22-10-20(30)21(40-22)13-39-25(33)38-12-19(15-2-6-17(7-3-15)28(34)35)16-4-8-18(9-5-16)29(36)37/h2-9,11,19-22,30H,10,12-13H2,1H3,(H,26,31,32)/t20-,21+,22+/m0/s1. The third-order valence-corrected chi connectivity index (χ3v) is 6.41. The van der Waals surface area contributed by atoms with E-state index in [-0.39, 0.29) is 30.0 Å². The summed E-state index contributed by atoms with van der Waals surface area (Å²) in [6.45, 7) is 0.849. The van der Waals surface area contributed by atoms with Gasteiger partial charge < -0.3 is 19.3 Å². The molecule has 0 saturated carbocycles. The Morgan fingerprint density at radius 3 is 2.12 bits per heavy atom. The van der Waals surface area contributed by atoms with E-state index in [1.807, 2.05) is 0 Å². The topological polar surface area (TPSA) is 206 Å². The molecule has 15 nitrogen and oxygen atoms in total. The smallest absolute Gasteiger partial charge is 0.433 e. The van der Waals surface area contributed by atoms with Gasteiger partial charge in [-0.05, 0) is 18.1 Å². The number of nitro groups is 2. The van der Waals surface area contributed by atoms with Gasteiger partial charge in [-0.25, -0.2) is 9.59 Å². The van der Waals surface area contributed by atoms with Crippen molar-refractivity contribution in [3.63, 3.8) is 0 Å². The van der Waals surface area contributed by atoms with Gasteiger partial charge in [-0.3, -0.25) is 34.6 Å². The van der Waals surface area contributed by atoms with Crippen LogP contribution >= 0.6 is 0 Å². The average molecular weight is 556 g/mol. The zero-order valence-electron chi connectivity index (χ0n) is 21.0. The molecule has 0 bridgehead atoms. The number of aliphatic hydroxyl groups is 1. The number of aryl methyl sites for hydroxylation is 1. The molecular formula is C25H24N4O11. The Morgan fingerprint density at radius 1 is 1.05 bits per heavy atom. The van der Waals surface area contributed by atoms with E-state index in [1.165, 1.54) is 61.7 Å². The number of nitro benzene ring substituents is 2. The van der Waals surface area contributed by atoms with Gasteiger partial charge in [0, 0.05) is 48.4 Å². The number of H-pyrrole nitrogens is 1. The van der Waals surface area contributed by atoms with Crippen LogP contribution < -0.4 is 11.2 Å². The van der Waals surface area contributed by atoms with Crippen LogP contribution in [0.4, 0.5) is 16.2 Å². The first kappa shape index (κ1) is 28.1. The fourth-order valence-corrected chi connectivity index (χ4v) is 4.22. The number of aromatic amines is 1. The summed E-state index contributed by atoms with van der Waals surface area (Å²) >= 11 is 0. The second-order valence-electron chi connectivity index (χ2n) is 9.03. The highest BCUT2D eigenvalue weighted by Crippen LogP contribution is 2.30. The van der Waals surface area contributed by atoms with Gasteiger partial charge >= 0.3 is 11.8 Å². The highest BCUT2D eigenvalue weighted by molar-refractivity contribution is 5.60. The number of nitrogens with one attached hydrogen (secondary N) is 1. The van der Waals surface area contributed by atoms with Gasteiger partial charge in [-0.1, -0.05) is 24.3 Å². The van der Waals surface area contributed by atoms with Gasteiger partial charge in [0.2, 0.25) is 0 Å².